The van der Waals surface area contributed by atoms with Gasteiger partial charge in [-0.1, -0.05) is 26.0 Å². The number of allylic oxidation sites excluding steroid dienone is 4. The number of carbonyl (C=O) groups is 2. The minimum absolute atomic E-state index is 0.0164. The van der Waals surface area contributed by atoms with Crippen LogP contribution in [-0.4, -0.2) is 17.4 Å². The highest BCUT2D eigenvalue weighted by atomic mass is 16.6. The molecule has 26 heavy (non-hydrogen) atoms. The molecule has 140 valence electrons. The Morgan fingerprint density at radius 1 is 1.08 bits per heavy atom. The first kappa shape index (κ1) is 16.8. The number of rotatable bonds is 1. The molecule has 3 fully saturated rings. The number of fused-ring (bicyclic) bond motifs is 6. The molecule has 0 aromatic heterocycles. The monoisotopic (exact) mass is 354 g/mol. The second kappa shape index (κ2) is 5.33. The van der Waals surface area contributed by atoms with Gasteiger partial charge in [0.05, 0.1) is 0 Å². The molecule has 1 heterocycles. The van der Waals surface area contributed by atoms with Crippen molar-refractivity contribution in [1.82, 2.24) is 0 Å². The summed E-state index contributed by atoms with van der Waals surface area (Å²) in [5.41, 5.74) is 1.38. The van der Waals surface area contributed by atoms with Gasteiger partial charge in [-0.05, 0) is 79.8 Å². The van der Waals surface area contributed by atoms with Crippen molar-refractivity contribution in [3.8, 4) is 0 Å². The van der Waals surface area contributed by atoms with Crippen molar-refractivity contribution in [2.45, 2.75) is 77.2 Å². The maximum absolute atomic E-state index is 12.0. The normalized spacial score (nSPS) is 49.5. The van der Waals surface area contributed by atoms with Crippen LogP contribution in [0.3, 0.4) is 0 Å². The Hall–Kier alpha value is -1.38. The predicted octanol–water partition coefficient (Wildman–Crippen LogP) is 4.76. The molecule has 1 saturated heterocycles. The van der Waals surface area contributed by atoms with E-state index in [2.05, 4.69) is 26.0 Å². The van der Waals surface area contributed by atoms with Gasteiger partial charge in [0.25, 0.3) is 0 Å². The Morgan fingerprint density at radius 2 is 1.88 bits per heavy atom. The van der Waals surface area contributed by atoms with E-state index in [4.69, 9.17) is 4.74 Å². The third-order valence-electron chi connectivity index (χ3n) is 9.16. The molecule has 3 nitrogen and oxygen atoms in total. The molecule has 0 N–H and O–H groups in total. The van der Waals surface area contributed by atoms with E-state index in [1.54, 1.807) is 0 Å². The van der Waals surface area contributed by atoms with E-state index in [0.29, 0.717) is 30.6 Å². The predicted molar refractivity (Wildman–Crippen MR) is 99.3 cm³/mol. The summed E-state index contributed by atoms with van der Waals surface area (Å²) in [5, 5.41) is 0. The lowest BCUT2D eigenvalue weighted by Crippen LogP contribution is -2.54. The van der Waals surface area contributed by atoms with Crippen molar-refractivity contribution < 1.29 is 14.3 Å². The van der Waals surface area contributed by atoms with Gasteiger partial charge in [0.15, 0.2) is 5.78 Å². The Balaban J connectivity index is 1.56. The number of esters is 1. The molecule has 0 aromatic carbocycles. The molecular formula is C23H30O3. The van der Waals surface area contributed by atoms with Crippen molar-refractivity contribution in [2.24, 2.45) is 28.6 Å². The van der Waals surface area contributed by atoms with Crippen LogP contribution in [0.4, 0.5) is 0 Å². The summed E-state index contributed by atoms with van der Waals surface area (Å²) in [6, 6.07) is 0. The summed E-state index contributed by atoms with van der Waals surface area (Å²) < 4.78 is 6.08. The Morgan fingerprint density at radius 3 is 2.62 bits per heavy atom. The Labute approximate surface area is 156 Å². The van der Waals surface area contributed by atoms with E-state index in [1.807, 2.05) is 6.08 Å². The van der Waals surface area contributed by atoms with Crippen molar-refractivity contribution in [2.75, 3.05) is 0 Å². The molecule has 6 unspecified atom stereocenters. The van der Waals surface area contributed by atoms with Crippen molar-refractivity contribution >= 4 is 11.8 Å². The summed E-state index contributed by atoms with van der Waals surface area (Å²) in [5.74, 6) is 2.12. The SMILES string of the molecule is CCC12CCC3C(C=CC4=CC(=O)CCC43C)C1CCC21CCC(=O)O1. The maximum Gasteiger partial charge on any atom is 0.306 e. The van der Waals surface area contributed by atoms with Gasteiger partial charge in [-0.25, -0.2) is 0 Å². The lowest BCUT2D eigenvalue weighted by Gasteiger charge is -2.58. The molecule has 1 aliphatic heterocycles. The van der Waals surface area contributed by atoms with Crippen molar-refractivity contribution in [1.29, 1.82) is 0 Å². The van der Waals surface area contributed by atoms with Gasteiger partial charge in [0.1, 0.15) is 5.60 Å². The molecule has 4 aliphatic carbocycles. The number of ketones is 1. The van der Waals surface area contributed by atoms with Gasteiger partial charge in [0.2, 0.25) is 0 Å². The van der Waals surface area contributed by atoms with E-state index < -0.39 is 0 Å². The van der Waals surface area contributed by atoms with Crippen LogP contribution in [0.25, 0.3) is 0 Å². The topological polar surface area (TPSA) is 43.4 Å². The molecule has 2 saturated carbocycles. The van der Waals surface area contributed by atoms with E-state index >= 15 is 0 Å². The second-order valence-electron chi connectivity index (χ2n) is 9.69. The fourth-order valence-corrected chi connectivity index (χ4v) is 7.83. The van der Waals surface area contributed by atoms with E-state index in [-0.39, 0.29) is 28.2 Å². The van der Waals surface area contributed by atoms with E-state index in [9.17, 15) is 9.59 Å². The minimum atomic E-state index is -0.193. The second-order valence-corrected chi connectivity index (χ2v) is 9.69. The van der Waals surface area contributed by atoms with Gasteiger partial charge in [-0.2, -0.15) is 0 Å². The van der Waals surface area contributed by atoms with Crippen LogP contribution >= 0.6 is 0 Å². The molecule has 6 atom stereocenters. The molecule has 0 aromatic rings. The van der Waals surface area contributed by atoms with Crippen LogP contribution in [0.1, 0.15) is 71.6 Å². The lowest BCUT2D eigenvalue weighted by molar-refractivity contribution is -0.168. The Kier molecular flexibility index (Phi) is 3.44. The Bertz CT molecular complexity index is 734. The standard InChI is InChI=1S/C23H30O3/c1-3-22-11-7-18-17(5-4-15-14-16(24)6-10-21(15,18)2)19(22)8-12-23(22)13-9-20(25)26-23/h4-5,14,17-19H,3,6-13H2,1-2H3. The van der Waals surface area contributed by atoms with Crippen molar-refractivity contribution in [3.63, 3.8) is 0 Å². The highest BCUT2D eigenvalue weighted by Crippen LogP contribution is 2.69. The largest absolute Gasteiger partial charge is 0.458 e. The van der Waals surface area contributed by atoms with Gasteiger partial charge >= 0.3 is 5.97 Å². The average molecular weight is 354 g/mol. The zero-order valence-corrected chi connectivity index (χ0v) is 16.1. The highest BCUT2D eigenvalue weighted by Gasteiger charge is 2.67. The molecule has 0 radical (unpaired) electrons. The number of hydrogen-bond acceptors (Lipinski definition) is 3. The van der Waals surface area contributed by atoms with Gasteiger partial charge < -0.3 is 4.74 Å². The zero-order valence-electron chi connectivity index (χ0n) is 16.1. The van der Waals surface area contributed by atoms with Gasteiger partial charge in [-0.15, -0.1) is 0 Å². The summed E-state index contributed by atoms with van der Waals surface area (Å²) in [6.07, 6.45) is 15.5. The summed E-state index contributed by atoms with van der Waals surface area (Å²) in [7, 11) is 0. The van der Waals surface area contributed by atoms with Crippen LogP contribution in [0, 0.1) is 28.6 Å². The third-order valence-corrected chi connectivity index (χ3v) is 9.16. The van der Waals surface area contributed by atoms with Crippen LogP contribution in [0.5, 0.6) is 0 Å². The fourth-order valence-electron chi connectivity index (χ4n) is 7.83. The first-order chi connectivity index (χ1) is 12.4. The maximum atomic E-state index is 12.0. The lowest BCUT2D eigenvalue weighted by atomic mass is 9.47. The summed E-state index contributed by atoms with van der Waals surface area (Å²) in [6.45, 7) is 4.71. The molecule has 0 bridgehead atoms. The van der Waals surface area contributed by atoms with E-state index in [0.717, 1.165) is 25.7 Å². The fraction of sp³-hybridized carbons (Fsp3) is 0.739. The smallest absolute Gasteiger partial charge is 0.306 e. The molecule has 3 heteroatoms. The number of hydrogen-bond donors (Lipinski definition) is 0. The molecule has 0 amide bonds. The summed E-state index contributed by atoms with van der Waals surface area (Å²) in [4.78, 5) is 24.0. The molecule has 5 rings (SSSR count). The first-order valence-electron chi connectivity index (χ1n) is 10.6. The number of ether oxygens (including phenoxy) is 1. The van der Waals surface area contributed by atoms with E-state index in [1.165, 1.54) is 24.8 Å². The van der Waals surface area contributed by atoms with Gasteiger partial charge in [-0.3, -0.25) is 9.59 Å². The number of carbonyl (C=O) groups excluding carboxylic acids is 2. The van der Waals surface area contributed by atoms with Crippen LogP contribution in [-0.2, 0) is 14.3 Å². The van der Waals surface area contributed by atoms with Gasteiger partial charge in [0, 0.05) is 18.3 Å². The van der Waals surface area contributed by atoms with Crippen molar-refractivity contribution in [3.05, 3.63) is 23.8 Å². The molecule has 5 aliphatic rings. The molecule has 1 spiro atoms. The quantitative estimate of drug-likeness (QED) is 0.638. The highest BCUT2D eigenvalue weighted by molar-refractivity contribution is 5.92. The zero-order chi connectivity index (χ0) is 18.2. The van der Waals surface area contributed by atoms with Crippen LogP contribution in [0.15, 0.2) is 23.8 Å². The summed E-state index contributed by atoms with van der Waals surface area (Å²) >= 11 is 0. The minimum Gasteiger partial charge on any atom is -0.458 e. The third kappa shape index (κ3) is 1.90. The van der Waals surface area contributed by atoms with Crippen LogP contribution in [0.2, 0.25) is 0 Å². The van der Waals surface area contributed by atoms with Crippen LogP contribution < -0.4 is 0 Å². The molecular weight excluding hydrogens is 324 g/mol. The average Bonchev–Trinajstić information content (AvgIpc) is 3.17. The first-order valence-corrected chi connectivity index (χ1v) is 10.6.